The Kier molecular flexibility index (Phi) is 6.18. The largest absolute Gasteiger partial charge is 0.444 e. The van der Waals surface area contributed by atoms with Crippen LogP contribution >= 0.6 is 11.3 Å². The van der Waals surface area contributed by atoms with E-state index in [9.17, 15) is 18.0 Å². The molecule has 0 bridgehead atoms. The summed E-state index contributed by atoms with van der Waals surface area (Å²) in [5, 5.41) is 9.90. The first-order valence-electron chi connectivity index (χ1n) is 9.27. The predicted molar refractivity (Wildman–Crippen MR) is 105 cm³/mol. The van der Waals surface area contributed by atoms with Gasteiger partial charge in [-0.25, -0.2) is 14.8 Å². The fraction of sp³-hybridized carbons (Fsp3) is 0.611. The maximum atomic E-state index is 12.7. The molecule has 29 heavy (non-hydrogen) atoms. The van der Waals surface area contributed by atoms with E-state index in [1.54, 1.807) is 20.8 Å². The summed E-state index contributed by atoms with van der Waals surface area (Å²) in [6.07, 6.45) is -3.77. The number of aromatic nitrogens is 2. The second-order valence-corrected chi connectivity index (χ2v) is 9.06. The number of ether oxygens (including phenoxy) is 1. The molecule has 3 N–H and O–H groups in total. The van der Waals surface area contributed by atoms with Gasteiger partial charge in [-0.15, -0.1) is 11.3 Å². The summed E-state index contributed by atoms with van der Waals surface area (Å²) in [6.45, 7) is 6.63. The van der Waals surface area contributed by atoms with E-state index in [0.29, 0.717) is 29.0 Å². The van der Waals surface area contributed by atoms with Gasteiger partial charge in [0.15, 0.2) is 0 Å². The highest BCUT2D eigenvalue weighted by Gasteiger charge is 2.31. The van der Waals surface area contributed by atoms with Crippen LogP contribution in [0.5, 0.6) is 0 Å². The first kappa shape index (κ1) is 21.6. The van der Waals surface area contributed by atoms with Crippen molar-refractivity contribution in [2.45, 2.75) is 57.5 Å². The van der Waals surface area contributed by atoms with Crippen LogP contribution in [0.3, 0.4) is 0 Å². The first-order valence-corrected chi connectivity index (χ1v) is 10.1. The minimum atomic E-state index is -4.28. The number of amides is 1. The van der Waals surface area contributed by atoms with Gasteiger partial charge in [0.25, 0.3) is 0 Å². The van der Waals surface area contributed by atoms with Crippen LogP contribution in [-0.4, -0.2) is 53.0 Å². The third kappa shape index (κ3) is 6.17. The molecule has 0 spiro atoms. The van der Waals surface area contributed by atoms with Crippen molar-refractivity contribution in [3.8, 4) is 0 Å². The molecule has 1 aliphatic rings. The number of carbonyl (C=O) groups excluding carboxylic acids is 1. The van der Waals surface area contributed by atoms with Crippen LogP contribution in [0, 0.1) is 0 Å². The van der Waals surface area contributed by atoms with Crippen molar-refractivity contribution in [2.24, 2.45) is 0 Å². The summed E-state index contributed by atoms with van der Waals surface area (Å²) in [4.78, 5) is 21.1. The fourth-order valence-corrected chi connectivity index (χ4v) is 4.15. The number of carbonyl (C=O) groups is 1. The number of hydrogen-bond acceptors (Lipinski definition) is 7. The summed E-state index contributed by atoms with van der Waals surface area (Å²) >= 11 is 1.00. The van der Waals surface area contributed by atoms with E-state index in [0.717, 1.165) is 17.9 Å². The van der Waals surface area contributed by atoms with Gasteiger partial charge in [-0.1, -0.05) is 0 Å². The van der Waals surface area contributed by atoms with Crippen molar-refractivity contribution < 1.29 is 22.7 Å². The molecular formula is C18H24F3N5O2S. The number of nitrogens with one attached hydrogen (secondary N) is 3. The molecule has 0 saturated carbocycles. The number of thiophene rings is 1. The topological polar surface area (TPSA) is 88.2 Å². The van der Waals surface area contributed by atoms with E-state index >= 15 is 0 Å². The quantitative estimate of drug-likeness (QED) is 0.687. The molecule has 1 aliphatic heterocycles. The zero-order valence-corrected chi connectivity index (χ0v) is 17.2. The van der Waals surface area contributed by atoms with Gasteiger partial charge in [0.1, 0.15) is 22.6 Å². The van der Waals surface area contributed by atoms with Gasteiger partial charge in [-0.05, 0) is 39.8 Å². The summed E-state index contributed by atoms with van der Waals surface area (Å²) in [6, 6.07) is 1.05. The zero-order chi connectivity index (χ0) is 21.2. The summed E-state index contributed by atoms with van der Waals surface area (Å²) in [5.74, 6) is 0.461. The third-order valence-electron chi connectivity index (χ3n) is 4.26. The highest BCUT2D eigenvalue weighted by molar-refractivity contribution is 7.18. The Balaban J connectivity index is 1.76. The number of anilines is 1. The van der Waals surface area contributed by atoms with Crippen LogP contribution in [0.1, 0.15) is 32.1 Å². The number of halogens is 3. The van der Waals surface area contributed by atoms with Crippen molar-refractivity contribution in [2.75, 3.05) is 18.4 Å². The van der Waals surface area contributed by atoms with Gasteiger partial charge >= 0.3 is 12.3 Å². The second-order valence-electron chi connectivity index (χ2n) is 7.94. The molecule has 1 saturated heterocycles. The van der Waals surface area contributed by atoms with E-state index in [4.69, 9.17) is 4.74 Å². The van der Waals surface area contributed by atoms with Crippen LogP contribution in [-0.2, 0) is 11.2 Å². The molecule has 0 radical (unpaired) electrons. The minimum absolute atomic E-state index is 0.159. The number of piperidine rings is 1. The van der Waals surface area contributed by atoms with Crippen LogP contribution in [0.4, 0.5) is 23.8 Å². The van der Waals surface area contributed by atoms with Crippen molar-refractivity contribution in [3.63, 3.8) is 0 Å². The lowest BCUT2D eigenvalue weighted by molar-refractivity contribution is -0.126. The summed E-state index contributed by atoms with van der Waals surface area (Å²) < 4.78 is 43.5. The maximum absolute atomic E-state index is 12.7. The number of rotatable bonds is 4. The van der Waals surface area contributed by atoms with Crippen molar-refractivity contribution >= 4 is 33.5 Å². The normalized spacial score (nSPS) is 20.5. The molecule has 160 valence electrons. The average Bonchev–Trinajstić information content (AvgIpc) is 2.96. The Hall–Kier alpha value is -2.14. The van der Waals surface area contributed by atoms with Crippen LogP contribution in [0.2, 0.25) is 0 Å². The average molecular weight is 431 g/mol. The Morgan fingerprint density at radius 2 is 2.07 bits per heavy atom. The molecule has 1 fully saturated rings. The number of hydrogen-bond donors (Lipinski definition) is 3. The van der Waals surface area contributed by atoms with Gasteiger partial charge in [-0.2, -0.15) is 13.2 Å². The van der Waals surface area contributed by atoms with Gasteiger partial charge in [0.05, 0.1) is 23.9 Å². The molecule has 0 aliphatic carbocycles. The SMILES string of the molecule is CC(C)(C)OC(=O)NC1CNCCC1Nc1ncnc2sc(CC(F)(F)F)cc12. The number of alkyl carbamates (subject to hydrolysis) is 1. The molecule has 2 aromatic rings. The fourth-order valence-electron chi connectivity index (χ4n) is 3.12. The Morgan fingerprint density at radius 3 is 2.76 bits per heavy atom. The van der Waals surface area contributed by atoms with E-state index in [1.807, 2.05) is 0 Å². The monoisotopic (exact) mass is 431 g/mol. The molecule has 1 amide bonds. The van der Waals surface area contributed by atoms with E-state index in [2.05, 4.69) is 25.9 Å². The van der Waals surface area contributed by atoms with E-state index in [-0.39, 0.29) is 17.0 Å². The van der Waals surface area contributed by atoms with Gasteiger partial charge in [-0.3, -0.25) is 0 Å². The first-order chi connectivity index (χ1) is 13.5. The Morgan fingerprint density at radius 1 is 1.31 bits per heavy atom. The number of alkyl halides is 3. The smallest absolute Gasteiger partial charge is 0.407 e. The molecule has 2 aromatic heterocycles. The molecule has 11 heteroatoms. The zero-order valence-electron chi connectivity index (χ0n) is 16.4. The molecule has 2 atom stereocenters. The second kappa shape index (κ2) is 8.31. The third-order valence-corrected chi connectivity index (χ3v) is 5.30. The van der Waals surface area contributed by atoms with Crippen LogP contribution in [0.15, 0.2) is 12.4 Å². The summed E-state index contributed by atoms with van der Waals surface area (Å²) in [7, 11) is 0. The standard InChI is InChI=1S/C18H24F3N5O2S/c1-17(2,3)28-16(27)26-13-8-22-5-4-12(13)25-14-11-6-10(7-18(19,20)21)29-15(11)24-9-23-14/h6,9,12-13,22H,4-5,7-8H2,1-3H3,(H,26,27)(H,23,24,25). The lowest BCUT2D eigenvalue weighted by atomic mass is 10.0. The molecule has 3 heterocycles. The maximum Gasteiger partial charge on any atom is 0.407 e. The number of fused-ring (bicyclic) bond motifs is 1. The van der Waals surface area contributed by atoms with Gasteiger partial charge < -0.3 is 20.7 Å². The van der Waals surface area contributed by atoms with Crippen LogP contribution in [0.25, 0.3) is 10.2 Å². The Labute approximate surface area is 170 Å². The van der Waals surface area contributed by atoms with Gasteiger partial charge in [0, 0.05) is 11.4 Å². The molecule has 0 aromatic carbocycles. The summed E-state index contributed by atoms with van der Waals surface area (Å²) in [5.41, 5.74) is -0.612. The predicted octanol–water partition coefficient (Wildman–Crippen LogP) is 3.46. The van der Waals surface area contributed by atoms with Crippen molar-refractivity contribution in [1.82, 2.24) is 20.6 Å². The molecule has 2 unspecified atom stereocenters. The molecule has 3 rings (SSSR count). The number of nitrogens with zero attached hydrogens (tertiary/aromatic N) is 2. The van der Waals surface area contributed by atoms with E-state index < -0.39 is 24.3 Å². The van der Waals surface area contributed by atoms with Crippen LogP contribution < -0.4 is 16.0 Å². The van der Waals surface area contributed by atoms with Crippen molar-refractivity contribution in [1.29, 1.82) is 0 Å². The molecule has 7 nitrogen and oxygen atoms in total. The van der Waals surface area contributed by atoms with Crippen molar-refractivity contribution in [3.05, 3.63) is 17.3 Å². The highest BCUT2D eigenvalue weighted by atomic mass is 32.1. The molecular weight excluding hydrogens is 407 g/mol. The Bertz CT molecular complexity index is 865. The lowest BCUT2D eigenvalue weighted by Gasteiger charge is -2.34. The highest BCUT2D eigenvalue weighted by Crippen LogP contribution is 2.33. The minimum Gasteiger partial charge on any atom is -0.444 e. The lowest BCUT2D eigenvalue weighted by Crippen LogP contribution is -2.57. The van der Waals surface area contributed by atoms with E-state index in [1.165, 1.54) is 12.4 Å². The van der Waals surface area contributed by atoms with Gasteiger partial charge in [0.2, 0.25) is 0 Å².